The maximum Gasteiger partial charge on any atom is 0.136 e. The molecule has 20 heavy (non-hydrogen) atoms. The Morgan fingerprint density at radius 3 is 2.55 bits per heavy atom. The molecule has 1 saturated carbocycles. The predicted molar refractivity (Wildman–Crippen MR) is 80.4 cm³/mol. The summed E-state index contributed by atoms with van der Waals surface area (Å²) < 4.78 is 5.80. The SMILES string of the molecule is CCNc1cc(N2CC(C)OC(C)C2)nc(C2CC2)n1. The highest BCUT2D eigenvalue weighted by molar-refractivity contribution is 5.50. The van der Waals surface area contributed by atoms with Gasteiger partial charge in [0, 0.05) is 31.6 Å². The van der Waals surface area contributed by atoms with Crippen molar-refractivity contribution >= 4 is 11.6 Å². The van der Waals surface area contributed by atoms with Crippen molar-refractivity contribution in [2.75, 3.05) is 29.9 Å². The number of anilines is 2. The standard InChI is InChI=1S/C15H24N4O/c1-4-16-13-7-14(18-15(17-13)12-5-6-12)19-8-10(2)20-11(3)9-19/h7,10-12H,4-6,8-9H2,1-3H3,(H,16,17,18). The van der Waals surface area contributed by atoms with Gasteiger partial charge in [-0.3, -0.25) is 0 Å². The third kappa shape index (κ3) is 3.03. The molecular weight excluding hydrogens is 252 g/mol. The maximum atomic E-state index is 5.80. The van der Waals surface area contributed by atoms with E-state index in [9.17, 15) is 0 Å². The topological polar surface area (TPSA) is 50.3 Å². The van der Waals surface area contributed by atoms with Crippen molar-refractivity contribution in [3.05, 3.63) is 11.9 Å². The third-order valence-corrected chi connectivity index (χ3v) is 3.77. The van der Waals surface area contributed by atoms with E-state index in [-0.39, 0.29) is 12.2 Å². The zero-order valence-corrected chi connectivity index (χ0v) is 12.6. The van der Waals surface area contributed by atoms with Gasteiger partial charge in [0.05, 0.1) is 12.2 Å². The minimum atomic E-state index is 0.251. The molecular formula is C15H24N4O. The number of aromatic nitrogens is 2. The molecule has 1 N–H and O–H groups in total. The lowest BCUT2D eigenvalue weighted by Gasteiger charge is -2.36. The van der Waals surface area contributed by atoms with Gasteiger partial charge < -0.3 is 15.0 Å². The molecule has 1 aromatic rings. The van der Waals surface area contributed by atoms with Crippen LogP contribution in [-0.4, -0.2) is 41.8 Å². The van der Waals surface area contributed by atoms with Crippen LogP contribution in [0.5, 0.6) is 0 Å². The number of morpholine rings is 1. The van der Waals surface area contributed by atoms with E-state index in [1.807, 2.05) is 0 Å². The molecule has 1 aliphatic carbocycles. The average Bonchev–Trinajstić information content (AvgIpc) is 3.22. The lowest BCUT2D eigenvalue weighted by molar-refractivity contribution is -0.00547. The first-order valence-electron chi connectivity index (χ1n) is 7.69. The molecule has 1 aliphatic heterocycles. The molecule has 0 spiro atoms. The average molecular weight is 276 g/mol. The number of hydrogen-bond donors (Lipinski definition) is 1. The Bertz CT molecular complexity index is 465. The van der Waals surface area contributed by atoms with Crippen molar-refractivity contribution in [3.63, 3.8) is 0 Å². The molecule has 3 rings (SSSR count). The summed E-state index contributed by atoms with van der Waals surface area (Å²) >= 11 is 0. The number of hydrogen-bond acceptors (Lipinski definition) is 5. The van der Waals surface area contributed by atoms with Crippen molar-refractivity contribution in [1.82, 2.24) is 9.97 Å². The molecule has 1 aromatic heterocycles. The van der Waals surface area contributed by atoms with Crippen LogP contribution in [0.3, 0.4) is 0 Å². The van der Waals surface area contributed by atoms with Gasteiger partial charge in [-0.15, -0.1) is 0 Å². The summed E-state index contributed by atoms with van der Waals surface area (Å²) in [5, 5.41) is 3.32. The van der Waals surface area contributed by atoms with Crippen molar-refractivity contribution in [1.29, 1.82) is 0 Å². The molecule has 5 heteroatoms. The summed E-state index contributed by atoms with van der Waals surface area (Å²) in [6, 6.07) is 2.07. The summed E-state index contributed by atoms with van der Waals surface area (Å²) in [5.74, 6) is 3.57. The molecule has 5 nitrogen and oxygen atoms in total. The van der Waals surface area contributed by atoms with E-state index in [1.54, 1.807) is 0 Å². The van der Waals surface area contributed by atoms with Crippen LogP contribution in [0.15, 0.2) is 6.07 Å². The molecule has 0 aromatic carbocycles. The number of nitrogens with zero attached hydrogens (tertiary/aromatic N) is 3. The van der Waals surface area contributed by atoms with Crippen molar-refractivity contribution in [3.8, 4) is 0 Å². The Hall–Kier alpha value is -1.36. The Labute approximate surface area is 120 Å². The van der Waals surface area contributed by atoms with Gasteiger partial charge in [0.1, 0.15) is 17.5 Å². The fourth-order valence-corrected chi connectivity index (χ4v) is 2.78. The Balaban J connectivity index is 1.86. The lowest BCUT2D eigenvalue weighted by atomic mass is 10.2. The summed E-state index contributed by atoms with van der Waals surface area (Å²) in [6.45, 7) is 9.02. The van der Waals surface area contributed by atoms with E-state index in [2.05, 4.69) is 42.0 Å². The van der Waals surface area contributed by atoms with Crippen molar-refractivity contribution in [2.45, 2.75) is 51.7 Å². The van der Waals surface area contributed by atoms with Crippen LogP contribution >= 0.6 is 0 Å². The van der Waals surface area contributed by atoms with Gasteiger partial charge >= 0.3 is 0 Å². The molecule has 2 aliphatic rings. The van der Waals surface area contributed by atoms with Gasteiger partial charge in [-0.2, -0.15) is 0 Å². The smallest absolute Gasteiger partial charge is 0.136 e. The fraction of sp³-hybridized carbons (Fsp3) is 0.733. The molecule has 0 bridgehead atoms. The van der Waals surface area contributed by atoms with Crippen LogP contribution in [0.2, 0.25) is 0 Å². The Morgan fingerprint density at radius 2 is 1.95 bits per heavy atom. The molecule has 0 amide bonds. The molecule has 2 unspecified atom stereocenters. The molecule has 110 valence electrons. The quantitative estimate of drug-likeness (QED) is 0.915. The molecule has 2 atom stereocenters. The van der Waals surface area contributed by atoms with E-state index in [0.29, 0.717) is 5.92 Å². The Morgan fingerprint density at radius 1 is 1.25 bits per heavy atom. The predicted octanol–water partition coefficient (Wildman–Crippen LogP) is 2.40. The van der Waals surface area contributed by atoms with Crippen LogP contribution in [0, 0.1) is 0 Å². The van der Waals surface area contributed by atoms with Crippen LogP contribution in [0.4, 0.5) is 11.6 Å². The second-order valence-electron chi connectivity index (χ2n) is 5.94. The third-order valence-electron chi connectivity index (χ3n) is 3.77. The largest absolute Gasteiger partial charge is 0.372 e. The van der Waals surface area contributed by atoms with E-state index < -0.39 is 0 Å². The van der Waals surface area contributed by atoms with Gasteiger partial charge in [-0.05, 0) is 33.6 Å². The molecule has 1 saturated heterocycles. The molecule has 2 fully saturated rings. The first kappa shape index (κ1) is 13.6. The van der Waals surface area contributed by atoms with Gasteiger partial charge in [0.25, 0.3) is 0 Å². The molecule has 2 heterocycles. The van der Waals surface area contributed by atoms with Crippen LogP contribution < -0.4 is 10.2 Å². The maximum absolute atomic E-state index is 5.80. The number of rotatable bonds is 4. The zero-order chi connectivity index (χ0) is 14.1. The highest BCUT2D eigenvalue weighted by atomic mass is 16.5. The number of nitrogens with one attached hydrogen (secondary N) is 1. The summed E-state index contributed by atoms with van der Waals surface area (Å²) in [7, 11) is 0. The van der Waals surface area contributed by atoms with E-state index in [0.717, 1.165) is 37.1 Å². The summed E-state index contributed by atoms with van der Waals surface area (Å²) in [6.07, 6.45) is 2.96. The van der Waals surface area contributed by atoms with Crippen LogP contribution in [0.25, 0.3) is 0 Å². The van der Waals surface area contributed by atoms with E-state index in [4.69, 9.17) is 9.72 Å². The second-order valence-corrected chi connectivity index (χ2v) is 5.94. The first-order chi connectivity index (χ1) is 9.65. The normalized spacial score (nSPS) is 26.6. The highest BCUT2D eigenvalue weighted by Crippen LogP contribution is 2.39. The van der Waals surface area contributed by atoms with Gasteiger partial charge in [0.15, 0.2) is 0 Å². The highest BCUT2D eigenvalue weighted by Gasteiger charge is 2.29. The first-order valence-corrected chi connectivity index (χ1v) is 7.69. The molecule has 0 radical (unpaired) electrons. The number of ether oxygens (including phenoxy) is 1. The van der Waals surface area contributed by atoms with Gasteiger partial charge in [0.2, 0.25) is 0 Å². The minimum absolute atomic E-state index is 0.251. The monoisotopic (exact) mass is 276 g/mol. The fourth-order valence-electron chi connectivity index (χ4n) is 2.78. The van der Waals surface area contributed by atoms with Gasteiger partial charge in [-0.25, -0.2) is 9.97 Å². The van der Waals surface area contributed by atoms with Crippen LogP contribution in [0.1, 0.15) is 45.4 Å². The lowest BCUT2D eigenvalue weighted by Crippen LogP contribution is -2.46. The summed E-state index contributed by atoms with van der Waals surface area (Å²) in [5.41, 5.74) is 0. The second kappa shape index (κ2) is 5.56. The minimum Gasteiger partial charge on any atom is -0.372 e. The van der Waals surface area contributed by atoms with Gasteiger partial charge in [-0.1, -0.05) is 0 Å². The van der Waals surface area contributed by atoms with Crippen LogP contribution in [-0.2, 0) is 4.74 Å². The van der Waals surface area contributed by atoms with Crippen molar-refractivity contribution < 1.29 is 4.74 Å². The Kier molecular flexibility index (Phi) is 3.78. The van der Waals surface area contributed by atoms with E-state index >= 15 is 0 Å². The van der Waals surface area contributed by atoms with Crippen molar-refractivity contribution in [2.24, 2.45) is 0 Å². The van der Waals surface area contributed by atoms with E-state index in [1.165, 1.54) is 12.8 Å². The summed E-state index contributed by atoms with van der Waals surface area (Å²) in [4.78, 5) is 11.8. The zero-order valence-electron chi connectivity index (χ0n) is 12.6.